The Hall–Kier alpha value is -0.900. The van der Waals surface area contributed by atoms with Gasteiger partial charge in [-0.25, -0.2) is 0 Å². The zero-order chi connectivity index (χ0) is 13.3. The maximum Gasteiger partial charge on any atom is 0.175 e. The zero-order valence-electron chi connectivity index (χ0n) is 11.8. The van der Waals surface area contributed by atoms with Gasteiger partial charge in [0.15, 0.2) is 5.79 Å². The minimum atomic E-state index is -0.326. The lowest BCUT2D eigenvalue weighted by atomic mass is 9.90. The first kappa shape index (κ1) is 13.1. The van der Waals surface area contributed by atoms with Crippen LogP contribution in [-0.4, -0.2) is 38.0 Å². The van der Waals surface area contributed by atoms with Crippen molar-refractivity contribution in [2.24, 2.45) is 11.8 Å². The van der Waals surface area contributed by atoms with Crippen molar-refractivity contribution >= 4 is 0 Å². The highest BCUT2D eigenvalue weighted by molar-refractivity contribution is 5.15. The Labute approximate surface area is 115 Å². The molecule has 0 radical (unpaired) electrons. The van der Waals surface area contributed by atoms with Gasteiger partial charge in [-0.05, 0) is 18.4 Å². The summed E-state index contributed by atoms with van der Waals surface area (Å²) in [5.41, 5.74) is 1.39. The van der Waals surface area contributed by atoms with Gasteiger partial charge >= 0.3 is 0 Å². The molecule has 0 amide bonds. The Morgan fingerprint density at radius 3 is 2.16 bits per heavy atom. The molecule has 1 saturated heterocycles. The van der Waals surface area contributed by atoms with Crippen molar-refractivity contribution in [3.05, 3.63) is 35.9 Å². The predicted molar refractivity (Wildman–Crippen MR) is 74.7 cm³/mol. The fraction of sp³-hybridized carbons (Fsp3) is 0.625. The lowest BCUT2D eigenvalue weighted by molar-refractivity contribution is -0.270. The average Bonchev–Trinajstić information content (AvgIpc) is 2.64. The van der Waals surface area contributed by atoms with Crippen LogP contribution in [0.5, 0.6) is 0 Å². The number of likely N-dealkylation sites (tertiary alicyclic amines) is 1. The van der Waals surface area contributed by atoms with Crippen LogP contribution >= 0.6 is 0 Å². The van der Waals surface area contributed by atoms with E-state index in [2.05, 4.69) is 35.2 Å². The van der Waals surface area contributed by atoms with E-state index in [0.29, 0.717) is 11.8 Å². The van der Waals surface area contributed by atoms with Crippen LogP contribution in [0.1, 0.15) is 18.4 Å². The largest absolute Gasteiger partial charge is 0.353 e. The molecule has 2 bridgehead atoms. The number of benzene rings is 1. The first-order valence-corrected chi connectivity index (χ1v) is 7.15. The van der Waals surface area contributed by atoms with E-state index in [9.17, 15) is 0 Å². The number of piperidine rings is 1. The summed E-state index contributed by atoms with van der Waals surface area (Å²) < 4.78 is 11.5. The molecule has 1 aliphatic heterocycles. The van der Waals surface area contributed by atoms with Gasteiger partial charge in [-0.1, -0.05) is 30.3 Å². The van der Waals surface area contributed by atoms with Crippen LogP contribution in [0.15, 0.2) is 30.3 Å². The summed E-state index contributed by atoms with van der Waals surface area (Å²) in [5.74, 6) is 0.683. The molecule has 1 heterocycles. The van der Waals surface area contributed by atoms with Crippen molar-refractivity contribution in [3.63, 3.8) is 0 Å². The van der Waals surface area contributed by atoms with Gasteiger partial charge in [0.2, 0.25) is 0 Å². The number of fused-ring (bicyclic) bond motifs is 2. The third-order valence-electron chi connectivity index (χ3n) is 4.85. The van der Waals surface area contributed by atoms with E-state index in [1.54, 1.807) is 14.2 Å². The summed E-state index contributed by atoms with van der Waals surface area (Å²) in [7, 11) is 3.59. The molecule has 2 aliphatic rings. The van der Waals surface area contributed by atoms with E-state index < -0.39 is 0 Å². The Balaban J connectivity index is 1.71. The van der Waals surface area contributed by atoms with E-state index in [1.807, 2.05) is 0 Å². The van der Waals surface area contributed by atoms with E-state index >= 15 is 0 Å². The summed E-state index contributed by atoms with van der Waals surface area (Å²) in [4.78, 5) is 2.55. The molecule has 3 rings (SSSR count). The third-order valence-corrected chi connectivity index (χ3v) is 4.85. The lowest BCUT2D eigenvalue weighted by Crippen LogP contribution is -2.55. The standard InChI is InChI=1S/C16H23NO2/c1-18-16(19-2)14-8-9-15(16)12-17(11-14)10-13-6-4-3-5-7-13/h3-7,14-15H,8-12H2,1-2H3/t14-,15+. The Kier molecular flexibility index (Phi) is 3.61. The normalized spacial score (nSPS) is 29.6. The van der Waals surface area contributed by atoms with Crippen molar-refractivity contribution in [1.29, 1.82) is 0 Å². The monoisotopic (exact) mass is 261 g/mol. The van der Waals surface area contributed by atoms with Crippen molar-refractivity contribution in [1.82, 2.24) is 4.90 Å². The minimum absolute atomic E-state index is 0.326. The molecule has 3 nitrogen and oxygen atoms in total. The smallest absolute Gasteiger partial charge is 0.175 e. The highest BCUT2D eigenvalue weighted by Gasteiger charge is 2.55. The topological polar surface area (TPSA) is 21.7 Å². The maximum absolute atomic E-state index is 5.76. The quantitative estimate of drug-likeness (QED) is 0.777. The molecule has 1 aliphatic carbocycles. The fourth-order valence-corrected chi connectivity index (χ4v) is 3.99. The van der Waals surface area contributed by atoms with Gasteiger partial charge in [0, 0.05) is 45.7 Å². The maximum atomic E-state index is 5.76. The third kappa shape index (κ3) is 2.20. The van der Waals surface area contributed by atoms with E-state index in [0.717, 1.165) is 19.6 Å². The molecule has 1 aromatic carbocycles. The molecule has 2 fully saturated rings. The van der Waals surface area contributed by atoms with Crippen LogP contribution in [0.2, 0.25) is 0 Å². The molecule has 0 aromatic heterocycles. The molecule has 2 atom stereocenters. The van der Waals surface area contributed by atoms with E-state index in [4.69, 9.17) is 9.47 Å². The number of rotatable bonds is 4. The van der Waals surface area contributed by atoms with Crippen LogP contribution in [0, 0.1) is 11.8 Å². The zero-order valence-corrected chi connectivity index (χ0v) is 11.8. The molecule has 3 heteroatoms. The summed E-state index contributed by atoms with van der Waals surface area (Å²) in [6.45, 7) is 3.19. The summed E-state index contributed by atoms with van der Waals surface area (Å²) in [6, 6.07) is 10.7. The van der Waals surface area contributed by atoms with Gasteiger partial charge in [-0.3, -0.25) is 4.90 Å². The van der Waals surface area contributed by atoms with Crippen LogP contribution < -0.4 is 0 Å². The lowest BCUT2D eigenvalue weighted by Gasteiger charge is -2.45. The number of hydrogen-bond donors (Lipinski definition) is 0. The predicted octanol–water partition coefficient (Wildman–Crippen LogP) is 2.52. The van der Waals surface area contributed by atoms with Crippen molar-refractivity contribution in [3.8, 4) is 0 Å². The second-order valence-corrected chi connectivity index (χ2v) is 5.78. The summed E-state index contributed by atoms with van der Waals surface area (Å²) >= 11 is 0. The fourth-order valence-electron chi connectivity index (χ4n) is 3.99. The Morgan fingerprint density at radius 1 is 1.05 bits per heavy atom. The second kappa shape index (κ2) is 5.23. The van der Waals surface area contributed by atoms with Crippen LogP contribution in [0.3, 0.4) is 0 Å². The summed E-state index contributed by atoms with van der Waals surface area (Å²) in [5, 5.41) is 0. The van der Waals surface area contributed by atoms with Crippen molar-refractivity contribution in [2.45, 2.75) is 25.2 Å². The molecule has 0 unspecified atom stereocenters. The molecular weight excluding hydrogens is 238 g/mol. The number of nitrogens with zero attached hydrogens (tertiary/aromatic N) is 1. The van der Waals surface area contributed by atoms with Crippen molar-refractivity contribution in [2.75, 3.05) is 27.3 Å². The molecule has 0 N–H and O–H groups in total. The van der Waals surface area contributed by atoms with Gasteiger partial charge in [-0.15, -0.1) is 0 Å². The van der Waals surface area contributed by atoms with Gasteiger partial charge < -0.3 is 9.47 Å². The molecule has 1 aromatic rings. The Morgan fingerprint density at radius 2 is 1.63 bits per heavy atom. The van der Waals surface area contributed by atoms with Gasteiger partial charge in [0.1, 0.15) is 0 Å². The van der Waals surface area contributed by atoms with E-state index in [1.165, 1.54) is 18.4 Å². The van der Waals surface area contributed by atoms with E-state index in [-0.39, 0.29) is 5.79 Å². The Bertz CT molecular complexity index is 400. The van der Waals surface area contributed by atoms with Crippen LogP contribution in [0.25, 0.3) is 0 Å². The molecule has 104 valence electrons. The highest BCUT2D eigenvalue weighted by Crippen LogP contribution is 2.47. The molecule has 19 heavy (non-hydrogen) atoms. The first-order chi connectivity index (χ1) is 9.28. The highest BCUT2D eigenvalue weighted by atomic mass is 16.7. The molecule has 0 spiro atoms. The summed E-state index contributed by atoms with van der Waals surface area (Å²) in [6.07, 6.45) is 2.44. The minimum Gasteiger partial charge on any atom is -0.353 e. The number of hydrogen-bond acceptors (Lipinski definition) is 3. The van der Waals surface area contributed by atoms with Crippen LogP contribution in [-0.2, 0) is 16.0 Å². The van der Waals surface area contributed by atoms with Gasteiger partial charge in [0.25, 0.3) is 0 Å². The molecular formula is C16H23NO2. The molecule has 1 saturated carbocycles. The van der Waals surface area contributed by atoms with Crippen molar-refractivity contribution < 1.29 is 9.47 Å². The number of ether oxygens (including phenoxy) is 2. The van der Waals surface area contributed by atoms with Crippen LogP contribution in [0.4, 0.5) is 0 Å². The second-order valence-electron chi connectivity index (χ2n) is 5.78. The van der Waals surface area contributed by atoms with Gasteiger partial charge in [-0.2, -0.15) is 0 Å². The van der Waals surface area contributed by atoms with Gasteiger partial charge in [0.05, 0.1) is 0 Å². The SMILES string of the molecule is COC1(OC)[C@@H]2CC[C@H]1CN(Cc1ccccc1)C2. The number of methoxy groups -OCH3 is 2. The average molecular weight is 261 g/mol. The first-order valence-electron chi connectivity index (χ1n) is 7.15.